The molecule has 0 aliphatic rings. The van der Waals surface area contributed by atoms with Gasteiger partial charge in [-0.3, -0.25) is 4.79 Å². The SMILES string of the molecule is C=CC(=CC=C(C)Br)C(=O)CN. The van der Waals surface area contributed by atoms with Crippen molar-refractivity contribution in [3.8, 4) is 0 Å². The molecule has 0 aromatic heterocycles. The van der Waals surface area contributed by atoms with Crippen LogP contribution < -0.4 is 5.73 Å². The summed E-state index contributed by atoms with van der Waals surface area (Å²) < 4.78 is 0.951. The number of rotatable bonds is 4. The number of carbonyl (C=O) groups excluding carboxylic acids is 1. The molecule has 0 spiro atoms. The van der Waals surface area contributed by atoms with Crippen LogP contribution in [0, 0.1) is 0 Å². The third kappa shape index (κ3) is 4.26. The minimum Gasteiger partial charge on any atom is -0.324 e. The molecule has 0 saturated carbocycles. The molecule has 0 fully saturated rings. The topological polar surface area (TPSA) is 43.1 Å². The van der Waals surface area contributed by atoms with Crippen molar-refractivity contribution in [3.05, 3.63) is 34.9 Å². The molecule has 0 atom stereocenters. The largest absolute Gasteiger partial charge is 0.324 e. The first-order valence-electron chi connectivity index (χ1n) is 3.51. The van der Waals surface area contributed by atoms with Crippen LogP contribution in [0.1, 0.15) is 6.92 Å². The van der Waals surface area contributed by atoms with Crippen molar-refractivity contribution in [1.82, 2.24) is 0 Å². The second-order valence-electron chi connectivity index (χ2n) is 2.21. The van der Waals surface area contributed by atoms with Crippen LogP contribution in [0.15, 0.2) is 34.9 Å². The second kappa shape index (κ2) is 5.91. The molecule has 12 heavy (non-hydrogen) atoms. The van der Waals surface area contributed by atoms with Gasteiger partial charge in [0.15, 0.2) is 5.78 Å². The Kier molecular flexibility index (Phi) is 5.58. The Bertz CT molecular complexity index is 237. The Labute approximate surface area is 81.0 Å². The van der Waals surface area contributed by atoms with E-state index in [1.807, 2.05) is 6.92 Å². The summed E-state index contributed by atoms with van der Waals surface area (Å²) >= 11 is 3.24. The highest BCUT2D eigenvalue weighted by atomic mass is 79.9. The van der Waals surface area contributed by atoms with Gasteiger partial charge in [0.05, 0.1) is 6.54 Å². The zero-order valence-corrected chi connectivity index (χ0v) is 8.60. The van der Waals surface area contributed by atoms with Gasteiger partial charge in [0.1, 0.15) is 0 Å². The predicted molar refractivity (Wildman–Crippen MR) is 55.0 cm³/mol. The highest BCUT2D eigenvalue weighted by Crippen LogP contribution is 2.05. The molecule has 0 rings (SSSR count). The van der Waals surface area contributed by atoms with Crippen LogP contribution in [0.2, 0.25) is 0 Å². The number of halogens is 1. The molecule has 0 heterocycles. The number of allylic oxidation sites excluding steroid dienone is 4. The van der Waals surface area contributed by atoms with E-state index in [0.29, 0.717) is 5.57 Å². The Morgan fingerprint density at radius 2 is 2.17 bits per heavy atom. The lowest BCUT2D eigenvalue weighted by Gasteiger charge is -1.95. The van der Waals surface area contributed by atoms with E-state index in [-0.39, 0.29) is 12.3 Å². The van der Waals surface area contributed by atoms with Crippen molar-refractivity contribution in [3.63, 3.8) is 0 Å². The Morgan fingerprint density at radius 3 is 2.50 bits per heavy atom. The summed E-state index contributed by atoms with van der Waals surface area (Å²) in [6.07, 6.45) is 4.97. The lowest BCUT2D eigenvalue weighted by Crippen LogP contribution is -2.14. The average Bonchev–Trinajstić information content (AvgIpc) is 2.04. The summed E-state index contributed by atoms with van der Waals surface area (Å²) in [6.45, 7) is 5.42. The molecule has 0 amide bonds. The Hall–Kier alpha value is -0.670. The summed E-state index contributed by atoms with van der Waals surface area (Å²) in [5.74, 6) is -0.102. The maximum atomic E-state index is 11.0. The predicted octanol–water partition coefficient (Wildman–Crippen LogP) is 1.93. The normalized spacial score (nSPS) is 12.9. The first kappa shape index (κ1) is 11.3. The lowest BCUT2D eigenvalue weighted by molar-refractivity contribution is -0.114. The lowest BCUT2D eigenvalue weighted by atomic mass is 10.1. The standard InChI is InChI=1S/C9H12BrNO/c1-3-8(9(12)6-11)5-4-7(2)10/h3-5H,1,6,11H2,2H3. The van der Waals surface area contributed by atoms with Crippen LogP contribution in [-0.2, 0) is 4.79 Å². The number of hydrogen-bond donors (Lipinski definition) is 1. The van der Waals surface area contributed by atoms with Crippen LogP contribution in [0.25, 0.3) is 0 Å². The maximum absolute atomic E-state index is 11.0. The fourth-order valence-electron chi connectivity index (χ4n) is 0.597. The van der Waals surface area contributed by atoms with E-state index in [0.717, 1.165) is 4.48 Å². The number of carbonyl (C=O) groups is 1. The van der Waals surface area contributed by atoms with Crippen molar-refractivity contribution in [1.29, 1.82) is 0 Å². The van der Waals surface area contributed by atoms with Gasteiger partial charge >= 0.3 is 0 Å². The van der Waals surface area contributed by atoms with Crippen LogP contribution in [-0.4, -0.2) is 12.3 Å². The monoisotopic (exact) mass is 229 g/mol. The van der Waals surface area contributed by atoms with Gasteiger partial charge in [0.25, 0.3) is 0 Å². The van der Waals surface area contributed by atoms with Crippen molar-refractivity contribution in [2.24, 2.45) is 5.73 Å². The van der Waals surface area contributed by atoms with E-state index < -0.39 is 0 Å². The van der Waals surface area contributed by atoms with Crippen molar-refractivity contribution in [2.45, 2.75) is 6.92 Å². The molecule has 0 aliphatic carbocycles. The van der Waals surface area contributed by atoms with Crippen molar-refractivity contribution < 1.29 is 4.79 Å². The van der Waals surface area contributed by atoms with Crippen LogP contribution in [0.5, 0.6) is 0 Å². The smallest absolute Gasteiger partial charge is 0.176 e. The molecular formula is C9H12BrNO. The molecule has 0 radical (unpaired) electrons. The van der Waals surface area contributed by atoms with Crippen molar-refractivity contribution in [2.75, 3.05) is 6.54 Å². The fourth-order valence-corrected chi connectivity index (χ4v) is 0.729. The summed E-state index contributed by atoms with van der Waals surface area (Å²) in [4.78, 5) is 11.0. The molecule has 3 heteroatoms. The molecular weight excluding hydrogens is 218 g/mol. The molecule has 0 aliphatic heterocycles. The zero-order valence-electron chi connectivity index (χ0n) is 7.01. The molecule has 2 nitrogen and oxygen atoms in total. The quantitative estimate of drug-likeness (QED) is 0.592. The van der Waals surface area contributed by atoms with Crippen LogP contribution in [0.4, 0.5) is 0 Å². The summed E-state index contributed by atoms with van der Waals surface area (Å²) in [6, 6.07) is 0. The zero-order chi connectivity index (χ0) is 9.56. The first-order chi connectivity index (χ1) is 5.61. The van der Waals surface area contributed by atoms with Gasteiger partial charge in [-0.05, 0) is 11.4 Å². The molecule has 0 aromatic carbocycles. The van der Waals surface area contributed by atoms with Gasteiger partial charge < -0.3 is 5.73 Å². The fraction of sp³-hybridized carbons (Fsp3) is 0.222. The van der Waals surface area contributed by atoms with Gasteiger partial charge in [-0.25, -0.2) is 0 Å². The van der Waals surface area contributed by atoms with E-state index in [9.17, 15) is 4.79 Å². The maximum Gasteiger partial charge on any atom is 0.176 e. The molecule has 66 valence electrons. The third-order valence-corrected chi connectivity index (χ3v) is 1.48. The molecule has 0 saturated heterocycles. The van der Waals surface area contributed by atoms with Gasteiger partial charge in [0, 0.05) is 5.57 Å². The van der Waals surface area contributed by atoms with E-state index >= 15 is 0 Å². The molecule has 0 bridgehead atoms. The Morgan fingerprint density at radius 1 is 1.58 bits per heavy atom. The summed E-state index contributed by atoms with van der Waals surface area (Å²) in [7, 11) is 0. The van der Waals surface area contributed by atoms with Gasteiger partial charge in [-0.2, -0.15) is 0 Å². The number of ketones is 1. The average molecular weight is 230 g/mol. The first-order valence-corrected chi connectivity index (χ1v) is 4.31. The van der Waals surface area contributed by atoms with Gasteiger partial charge in [0.2, 0.25) is 0 Å². The van der Waals surface area contributed by atoms with Crippen molar-refractivity contribution >= 4 is 21.7 Å². The van der Waals surface area contributed by atoms with Gasteiger partial charge in [-0.15, -0.1) is 0 Å². The second-order valence-corrected chi connectivity index (χ2v) is 3.46. The van der Waals surface area contributed by atoms with E-state index in [1.54, 1.807) is 12.2 Å². The number of hydrogen-bond acceptors (Lipinski definition) is 2. The van der Waals surface area contributed by atoms with E-state index in [1.165, 1.54) is 6.08 Å². The highest BCUT2D eigenvalue weighted by Gasteiger charge is 2.00. The summed E-state index contributed by atoms with van der Waals surface area (Å²) in [5.41, 5.74) is 5.72. The number of nitrogens with two attached hydrogens (primary N) is 1. The summed E-state index contributed by atoms with van der Waals surface area (Å²) in [5, 5.41) is 0. The highest BCUT2D eigenvalue weighted by molar-refractivity contribution is 9.11. The molecule has 0 unspecified atom stereocenters. The minimum atomic E-state index is -0.102. The number of Topliss-reactive ketones (excluding diaryl/α,β-unsaturated/α-hetero) is 1. The molecule has 2 N–H and O–H groups in total. The van der Waals surface area contributed by atoms with E-state index in [4.69, 9.17) is 5.73 Å². The minimum absolute atomic E-state index is 0.0209. The third-order valence-electron chi connectivity index (χ3n) is 1.22. The molecule has 0 aromatic rings. The van der Waals surface area contributed by atoms with Crippen LogP contribution >= 0.6 is 15.9 Å². The Balaban J connectivity index is 4.55. The van der Waals surface area contributed by atoms with Gasteiger partial charge in [-0.1, -0.05) is 40.7 Å². The van der Waals surface area contributed by atoms with Crippen LogP contribution in [0.3, 0.4) is 0 Å². The van der Waals surface area contributed by atoms with E-state index in [2.05, 4.69) is 22.5 Å².